The summed E-state index contributed by atoms with van der Waals surface area (Å²) in [6.07, 6.45) is 1.10. The van der Waals surface area contributed by atoms with Gasteiger partial charge < -0.3 is 34.9 Å². The highest BCUT2D eigenvalue weighted by Crippen LogP contribution is 2.50. The molecule has 3 N–H and O–H groups in total. The lowest BCUT2D eigenvalue weighted by molar-refractivity contribution is -0.144. The van der Waals surface area contributed by atoms with Crippen LogP contribution in [0.3, 0.4) is 0 Å². The number of carbonyl (C=O) groups is 3. The second kappa shape index (κ2) is 12.5. The van der Waals surface area contributed by atoms with Crippen LogP contribution in [0.2, 0.25) is 0 Å². The Kier molecular flexibility index (Phi) is 9.39. The highest BCUT2D eigenvalue weighted by atomic mass is 16.5. The quantitative estimate of drug-likeness (QED) is 0.408. The van der Waals surface area contributed by atoms with E-state index in [1.54, 1.807) is 26.2 Å². The molecule has 3 rings (SSSR count). The van der Waals surface area contributed by atoms with E-state index >= 15 is 0 Å². The third-order valence-corrected chi connectivity index (χ3v) is 6.59. The Morgan fingerprint density at radius 2 is 1.64 bits per heavy atom. The SMILES string of the molecule is COC(=O)[C@H](C)NC(=O)[C@H](C)Nc1ccc2c(cc1=O)[C@@H](NC(C)=O)CCc1cc(OC)c(OC)c(OC)c1-2. The number of hydrogen-bond donors (Lipinski definition) is 3. The highest BCUT2D eigenvalue weighted by molar-refractivity contribution is 5.89. The molecular weight excluding hydrogens is 506 g/mol. The van der Waals surface area contributed by atoms with Crippen LogP contribution < -0.4 is 35.6 Å². The van der Waals surface area contributed by atoms with Gasteiger partial charge in [-0.15, -0.1) is 0 Å². The van der Waals surface area contributed by atoms with Gasteiger partial charge >= 0.3 is 5.97 Å². The molecule has 0 fully saturated rings. The number of methoxy groups -OCH3 is 4. The first-order chi connectivity index (χ1) is 18.6. The van der Waals surface area contributed by atoms with Gasteiger partial charge in [0.05, 0.1) is 40.2 Å². The average molecular weight is 542 g/mol. The molecule has 0 bridgehead atoms. The van der Waals surface area contributed by atoms with Gasteiger partial charge in [0.25, 0.3) is 0 Å². The summed E-state index contributed by atoms with van der Waals surface area (Å²) in [6, 6.07) is 4.53. The van der Waals surface area contributed by atoms with Gasteiger partial charge in [-0.3, -0.25) is 14.4 Å². The molecule has 0 unspecified atom stereocenters. The molecule has 0 aromatic heterocycles. The van der Waals surface area contributed by atoms with Crippen molar-refractivity contribution in [2.75, 3.05) is 33.8 Å². The van der Waals surface area contributed by atoms with Gasteiger partial charge in [-0.2, -0.15) is 0 Å². The average Bonchev–Trinajstić information content (AvgIpc) is 3.15. The maximum absolute atomic E-state index is 13.4. The first-order valence-corrected chi connectivity index (χ1v) is 12.5. The minimum absolute atomic E-state index is 0.166. The van der Waals surface area contributed by atoms with Crippen LogP contribution in [0.15, 0.2) is 29.1 Å². The third-order valence-electron chi connectivity index (χ3n) is 6.59. The van der Waals surface area contributed by atoms with E-state index in [1.807, 2.05) is 6.07 Å². The van der Waals surface area contributed by atoms with Crippen LogP contribution in [0.1, 0.15) is 44.4 Å². The summed E-state index contributed by atoms with van der Waals surface area (Å²) in [5.41, 5.74) is 2.67. The number of fused-ring (bicyclic) bond motifs is 3. The van der Waals surface area contributed by atoms with E-state index in [-0.39, 0.29) is 17.0 Å². The molecule has 210 valence electrons. The van der Waals surface area contributed by atoms with E-state index in [9.17, 15) is 19.2 Å². The van der Waals surface area contributed by atoms with Crippen LogP contribution in [0.4, 0.5) is 5.69 Å². The van der Waals surface area contributed by atoms with Crippen LogP contribution in [0.5, 0.6) is 17.2 Å². The second-order valence-corrected chi connectivity index (χ2v) is 9.22. The molecule has 0 heterocycles. The Labute approximate surface area is 227 Å². The Balaban J connectivity index is 2.15. The van der Waals surface area contributed by atoms with Gasteiger partial charge in [0.1, 0.15) is 12.1 Å². The summed E-state index contributed by atoms with van der Waals surface area (Å²) in [7, 11) is 5.81. The number of carbonyl (C=O) groups excluding carboxylic acids is 3. The number of rotatable bonds is 9. The fourth-order valence-electron chi connectivity index (χ4n) is 4.70. The molecule has 3 atom stereocenters. The zero-order valence-corrected chi connectivity index (χ0v) is 23.2. The summed E-state index contributed by atoms with van der Waals surface area (Å²) in [5.74, 6) is 0.0373. The van der Waals surface area contributed by atoms with Gasteiger partial charge in [0.15, 0.2) is 11.5 Å². The predicted molar refractivity (Wildman–Crippen MR) is 145 cm³/mol. The number of amides is 2. The van der Waals surface area contributed by atoms with E-state index in [4.69, 9.17) is 14.2 Å². The van der Waals surface area contributed by atoms with Crippen molar-refractivity contribution in [3.05, 3.63) is 45.6 Å². The van der Waals surface area contributed by atoms with Crippen molar-refractivity contribution < 1.29 is 33.3 Å². The highest BCUT2D eigenvalue weighted by Gasteiger charge is 2.29. The predicted octanol–water partition coefficient (Wildman–Crippen LogP) is 2.34. The topological polar surface area (TPSA) is 141 Å². The molecule has 0 saturated carbocycles. The molecular formula is C28H35N3O8. The molecule has 1 aliphatic carbocycles. The Morgan fingerprint density at radius 3 is 2.23 bits per heavy atom. The molecule has 2 aromatic carbocycles. The Bertz CT molecular complexity index is 1330. The van der Waals surface area contributed by atoms with Gasteiger partial charge in [-0.25, -0.2) is 4.79 Å². The number of hydrogen-bond acceptors (Lipinski definition) is 9. The zero-order chi connectivity index (χ0) is 28.9. The Hall–Kier alpha value is -4.28. The lowest BCUT2D eigenvalue weighted by Crippen LogP contribution is -2.46. The lowest BCUT2D eigenvalue weighted by atomic mass is 9.95. The van der Waals surface area contributed by atoms with Crippen molar-refractivity contribution in [2.24, 2.45) is 0 Å². The van der Waals surface area contributed by atoms with E-state index in [0.717, 1.165) is 11.1 Å². The number of esters is 1. The number of aryl methyl sites for hydroxylation is 1. The van der Waals surface area contributed by atoms with Crippen LogP contribution in [0, 0.1) is 0 Å². The molecule has 39 heavy (non-hydrogen) atoms. The van der Waals surface area contributed by atoms with E-state index < -0.39 is 30.0 Å². The van der Waals surface area contributed by atoms with E-state index in [2.05, 4.69) is 20.7 Å². The number of anilines is 1. The maximum atomic E-state index is 13.4. The summed E-state index contributed by atoms with van der Waals surface area (Å²) < 4.78 is 21.6. The molecule has 2 aromatic rings. The van der Waals surface area contributed by atoms with Crippen molar-refractivity contribution in [3.8, 4) is 28.4 Å². The first kappa shape index (κ1) is 29.3. The molecule has 0 aliphatic heterocycles. The summed E-state index contributed by atoms with van der Waals surface area (Å²) >= 11 is 0. The van der Waals surface area contributed by atoms with Crippen LogP contribution >= 0.6 is 0 Å². The third kappa shape index (κ3) is 6.24. The number of benzene rings is 1. The van der Waals surface area contributed by atoms with Gasteiger partial charge in [0.2, 0.25) is 23.0 Å². The van der Waals surface area contributed by atoms with Gasteiger partial charge in [-0.05, 0) is 61.6 Å². The van der Waals surface area contributed by atoms with Crippen molar-refractivity contribution in [1.82, 2.24) is 10.6 Å². The molecule has 0 spiro atoms. The van der Waals surface area contributed by atoms with Crippen molar-refractivity contribution in [3.63, 3.8) is 0 Å². The Morgan fingerprint density at radius 1 is 0.949 bits per heavy atom. The van der Waals surface area contributed by atoms with Gasteiger partial charge in [0, 0.05) is 12.5 Å². The van der Waals surface area contributed by atoms with E-state index in [1.165, 1.54) is 41.2 Å². The molecule has 1 aliphatic rings. The molecule has 11 nitrogen and oxygen atoms in total. The number of nitrogens with one attached hydrogen (secondary N) is 3. The van der Waals surface area contributed by atoms with Crippen LogP contribution in [-0.4, -0.2) is 58.3 Å². The monoisotopic (exact) mass is 541 g/mol. The fraction of sp³-hybridized carbons (Fsp3) is 0.429. The lowest BCUT2D eigenvalue weighted by Gasteiger charge is -2.19. The van der Waals surface area contributed by atoms with E-state index in [0.29, 0.717) is 41.2 Å². The van der Waals surface area contributed by atoms with Crippen LogP contribution in [-0.2, 0) is 25.5 Å². The van der Waals surface area contributed by atoms with Crippen LogP contribution in [0.25, 0.3) is 11.1 Å². The zero-order valence-electron chi connectivity index (χ0n) is 23.2. The smallest absolute Gasteiger partial charge is 0.328 e. The fourth-order valence-corrected chi connectivity index (χ4v) is 4.70. The standard InChI is InChI=1S/C28H35N3O8/c1-14(27(34)30-15(2)28(35)39-7)29-21-11-9-18-19(13-22(21)33)20(31-16(3)32)10-8-17-12-23(36-4)25(37-5)26(38-6)24(17)18/h9,11-15,20H,8,10H2,1-7H3,(H,29,33)(H,30,34)(H,31,32)/t14-,15-,20-/m0/s1. The molecule has 11 heteroatoms. The number of ether oxygens (including phenoxy) is 4. The normalized spacial score (nSPS) is 15.3. The minimum atomic E-state index is -0.851. The summed E-state index contributed by atoms with van der Waals surface area (Å²) in [4.78, 5) is 49.8. The maximum Gasteiger partial charge on any atom is 0.328 e. The van der Waals surface area contributed by atoms with Crippen molar-refractivity contribution in [2.45, 2.75) is 51.7 Å². The molecule has 0 saturated heterocycles. The van der Waals surface area contributed by atoms with Crippen molar-refractivity contribution >= 4 is 23.5 Å². The first-order valence-electron chi connectivity index (χ1n) is 12.5. The largest absolute Gasteiger partial charge is 0.493 e. The summed E-state index contributed by atoms with van der Waals surface area (Å²) in [6.45, 7) is 4.51. The molecule has 2 amide bonds. The second-order valence-electron chi connectivity index (χ2n) is 9.22. The van der Waals surface area contributed by atoms with Gasteiger partial charge in [-0.1, -0.05) is 6.07 Å². The summed E-state index contributed by atoms with van der Waals surface area (Å²) in [5, 5.41) is 8.45. The van der Waals surface area contributed by atoms with Crippen molar-refractivity contribution in [1.29, 1.82) is 0 Å². The molecule has 0 radical (unpaired) electrons. The minimum Gasteiger partial charge on any atom is -0.493 e.